The van der Waals surface area contributed by atoms with Gasteiger partial charge in [0.2, 0.25) is 5.78 Å². The summed E-state index contributed by atoms with van der Waals surface area (Å²) in [6.45, 7) is 0. The second-order valence-electron chi connectivity index (χ2n) is 4.96. The number of nitrogens with zero attached hydrogens (tertiary/aromatic N) is 1. The van der Waals surface area contributed by atoms with Crippen molar-refractivity contribution in [1.82, 2.24) is 5.16 Å². The van der Waals surface area contributed by atoms with Crippen molar-refractivity contribution >= 4 is 23.1 Å². The maximum atomic E-state index is 12.8. The minimum Gasteiger partial charge on any atom is -0.494 e. The maximum absolute atomic E-state index is 12.8. The van der Waals surface area contributed by atoms with E-state index in [-0.39, 0.29) is 5.78 Å². The Morgan fingerprint density at radius 2 is 2.19 bits per heavy atom. The molecular weight excluding hydrogens is 292 g/mol. The summed E-state index contributed by atoms with van der Waals surface area (Å²) in [6.07, 6.45) is 3.55. The first-order valence-electron chi connectivity index (χ1n) is 6.70. The van der Waals surface area contributed by atoms with E-state index in [2.05, 4.69) is 10.5 Å². The quantitative estimate of drug-likeness (QED) is 0.857. The lowest BCUT2D eigenvalue weighted by atomic mass is 10.0. The Kier molecular flexibility index (Phi) is 3.59. The highest BCUT2D eigenvalue weighted by Gasteiger charge is 2.33. The van der Waals surface area contributed by atoms with E-state index in [1.807, 2.05) is 0 Å². The summed E-state index contributed by atoms with van der Waals surface area (Å²) < 4.78 is 10.6. The van der Waals surface area contributed by atoms with Crippen LogP contribution in [0.5, 0.6) is 5.75 Å². The fraction of sp³-hybridized carbons (Fsp3) is 0.333. The number of anilines is 1. The van der Waals surface area contributed by atoms with Crippen LogP contribution in [-0.2, 0) is 0 Å². The number of halogens is 1. The molecule has 1 aliphatic carbocycles. The molecule has 3 rings (SSSR count). The van der Waals surface area contributed by atoms with E-state index in [9.17, 15) is 4.79 Å². The van der Waals surface area contributed by atoms with Crippen molar-refractivity contribution in [2.75, 3.05) is 19.5 Å². The summed E-state index contributed by atoms with van der Waals surface area (Å²) in [6, 6.07) is 3.33. The number of hydrogen-bond donors (Lipinski definition) is 1. The first-order valence-corrected chi connectivity index (χ1v) is 7.08. The van der Waals surface area contributed by atoms with Crippen LogP contribution in [0.2, 0.25) is 5.02 Å². The first-order chi connectivity index (χ1) is 10.2. The summed E-state index contributed by atoms with van der Waals surface area (Å²) in [7, 11) is 3.24. The van der Waals surface area contributed by atoms with Crippen molar-refractivity contribution in [2.45, 2.75) is 18.8 Å². The van der Waals surface area contributed by atoms with Gasteiger partial charge in [0.15, 0.2) is 11.5 Å². The molecule has 0 bridgehead atoms. The molecule has 1 aromatic heterocycles. The maximum Gasteiger partial charge on any atom is 0.202 e. The van der Waals surface area contributed by atoms with E-state index in [1.165, 1.54) is 13.3 Å². The Hall–Kier alpha value is -2.01. The zero-order chi connectivity index (χ0) is 15.0. The molecule has 1 saturated carbocycles. The number of methoxy groups -OCH3 is 1. The number of carbonyl (C=O) groups is 1. The normalized spacial score (nSPS) is 14.0. The molecule has 5 nitrogen and oxygen atoms in total. The molecular formula is C15H15ClN2O3. The molecule has 0 atom stereocenters. The van der Waals surface area contributed by atoms with Crippen molar-refractivity contribution in [3.05, 3.63) is 40.2 Å². The van der Waals surface area contributed by atoms with Crippen LogP contribution in [0.3, 0.4) is 0 Å². The molecule has 110 valence electrons. The number of rotatable bonds is 5. The number of hydrogen-bond acceptors (Lipinski definition) is 5. The summed E-state index contributed by atoms with van der Waals surface area (Å²) >= 11 is 6.12. The average molecular weight is 307 g/mol. The average Bonchev–Trinajstić information content (AvgIpc) is 3.23. The molecule has 0 unspecified atom stereocenters. The lowest BCUT2D eigenvalue weighted by molar-refractivity contribution is 0.103. The molecule has 0 spiro atoms. The molecule has 0 radical (unpaired) electrons. The van der Waals surface area contributed by atoms with Crippen LogP contribution in [0.25, 0.3) is 0 Å². The smallest absolute Gasteiger partial charge is 0.202 e. The van der Waals surface area contributed by atoms with E-state index in [1.54, 1.807) is 19.2 Å². The lowest BCUT2D eigenvalue weighted by Gasteiger charge is -2.13. The number of ether oxygens (including phenoxy) is 1. The fourth-order valence-corrected chi connectivity index (χ4v) is 2.63. The Bertz CT molecular complexity index is 692. The van der Waals surface area contributed by atoms with Gasteiger partial charge in [-0.05, 0) is 25.0 Å². The van der Waals surface area contributed by atoms with Crippen molar-refractivity contribution < 1.29 is 14.1 Å². The van der Waals surface area contributed by atoms with Crippen LogP contribution in [0.4, 0.5) is 5.69 Å². The minimum atomic E-state index is -0.164. The Labute approximate surface area is 127 Å². The van der Waals surface area contributed by atoms with Crippen LogP contribution in [0.15, 0.2) is 22.9 Å². The SMILES string of the molecule is CNc1c(Cl)ccc(C(=O)c2cnoc2C2CC2)c1OC. The van der Waals surface area contributed by atoms with Gasteiger partial charge < -0.3 is 14.6 Å². The summed E-state index contributed by atoms with van der Waals surface area (Å²) in [5.74, 6) is 1.25. The van der Waals surface area contributed by atoms with Crippen molar-refractivity contribution in [1.29, 1.82) is 0 Å². The van der Waals surface area contributed by atoms with Crippen LogP contribution >= 0.6 is 11.6 Å². The lowest BCUT2D eigenvalue weighted by Crippen LogP contribution is -2.07. The third-order valence-corrected chi connectivity index (χ3v) is 3.91. The van der Waals surface area contributed by atoms with Gasteiger partial charge in [-0.1, -0.05) is 16.8 Å². The monoisotopic (exact) mass is 306 g/mol. The van der Waals surface area contributed by atoms with Gasteiger partial charge in [-0.2, -0.15) is 0 Å². The molecule has 1 heterocycles. The highest BCUT2D eigenvalue weighted by Crippen LogP contribution is 2.43. The molecule has 6 heteroatoms. The van der Waals surface area contributed by atoms with Gasteiger partial charge >= 0.3 is 0 Å². The molecule has 1 aromatic carbocycles. The largest absolute Gasteiger partial charge is 0.494 e. The Morgan fingerprint density at radius 1 is 1.43 bits per heavy atom. The Morgan fingerprint density at radius 3 is 2.81 bits per heavy atom. The highest BCUT2D eigenvalue weighted by molar-refractivity contribution is 6.34. The third kappa shape index (κ3) is 2.38. The van der Waals surface area contributed by atoms with Crippen molar-refractivity contribution in [3.8, 4) is 5.75 Å². The second-order valence-corrected chi connectivity index (χ2v) is 5.37. The topological polar surface area (TPSA) is 64.4 Å². The zero-order valence-electron chi connectivity index (χ0n) is 11.8. The van der Waals surface area contributed by atoms with Gasteiger partial charge in [0, 0.05) is 13.0 Å². The molecule has 0 amide bonds. The van der Waals surface area contributed by atoms with Crippen LogP contribution in [0, 0.1) is 0 Å². The standard InChI is InChI=1S/C15H15ClN2O3/c1-17-12-11(16)6-5-9(15(12)20-2)13(19)10-7-18-21-14(10)8-3-4-8/h5-8,17H,3-4H2,1-2H3. The molecule has 2 aromatic rings. The van der Waals surface area contributed by atoms with E-state index in [0.717, 1.165) is 12.8 Å². The highest BCUT2D eigenvalue weighted by atomic mass is 35.5. The van der Waals surface area contributed by atoms with E-state index >= 15 is 0 Å². The van der Waals surface area contributed by atoms with Crippen molar-refractivity contribution in [3.63, 3.8) is 0 Å². The number of ketones is 1. The first kappa shape index (κ1) is 13.9. The number of nitrogens with one attached hydrogen (secondary N) is 1. The van der Waals surface area contributed by atoms with Crippen LogP contribution in [0.1, 0.15) is 40.4 Å². The number of benzene rings is 1. The van der Waals surface area contributed by atoms with E-state index in [0.29, 0.717) is 39.3 Å². The molecule has 1 aliphatic rings. The summed E-state index contributed by atoms with van der Waals surface area (Å²) in [4.78, 5) is 12.8. The Balaban J connectivity index is 2.07. The van der Waals surface area contributed by atoms with Crippen LogP contribution < -0.4 is 10.1 Å². The third-order valence-electron chi connectivity index (χ3n) is 3.60. The van der Waals surface area contributed by atoms with Gasteiger partial charge in [0.1, 0.15) is 0 Å². The van der Waals surface area contributed by atoms with Gasteiger partial charge in [-0.15, -0.1) is 0 Å². The molecule has 21 heavy (non-hydrogen) atoms. The predicted octanol–water partition coefficient (Wildman–Crippen LogP) is 3.49. The summed E-state index contributed by atoms with van der Waals surface area (Å²) in [5.41, 5.74) is 1.53. The van der Waals surface area contributed by atoms with Gasteiger partial charge in [0.05, 0.1) is 35.1 Å². The number of carbonyl (C=O) groups excluding carboxylic acids is 1. The minimum absolute atomic E-state index is 0.164. The zero-order valence-corrected chi connectivity index (χ0v) is 12.5. The number of aromatic nitrogens is 1. The molecule has 1 N–H and O–H groups in total. The molecule has 1 fully saturated rings. The molecule has 0 aliphatic heterocycles. The summed E-state index contributed by atoms with van der Waals surface area (Å²) in [5, 5.41) is 7.22. The van der Waals surface area contributed by atoms with E-state index in [4.69, 9.17) is 20.9 Å². The van der Waals surface area contributed by atoms with Crippen molar-refractivity contribution in [2.24, 2.45) is 0 Å². The molecule has 0 saturated heterocycles. The second kappa shape index (κ2) is 5.41. The van der Waals surface area contributed by atoms with Crippen LogP contribution in [-0.4, -0.2) is 25.1 Å². The fourth-order valence-electron chi connectivity index (χ4n) is 2.39. The van der Waals surface area contributed by atoms with E-state index < -0.39 is 0 Å². The van der Waals surface area contributed by atoms with Gasteiger partial charge in [-0.3, -0.25) is 4.79 Å². The van der Waals surface area contributed by atoms with Gasteiger partial charge in [-0.25, -0.2) is 0 Å². The predicted molar refractivity (Wildman–Crippen MR) is 79.5 cm³/mol. The van der Waals surface area contributed by atoms with Gasteiger partial charge in [0.25, 0.3) is 0 Å².